The zero-order valence-corrected chi connectivity index (χ0v) is 22.2. The van der Waals surface area contributed by atoms with Gasteiger partial charge < -0.3 is 10.2 Å². The van der Waals surface area contributed by atoms with E-state index in [1.165, 1.54) is 32.1 Å². The summed E-state index contributed by atoms with van der Waals surface area (Å²) < 4.78 is 0. The van der Waals surface area contributed by atoms with Crippen LogP contribution in [0.2, 0.25) is 0 Å². The molecule has 9 atom stereocenters. The number of fused-ring (bicyclic) bond motifs is 5. The lowest BCUT2D eigenvalue weighted by Crippen LogP contribution is -2.52. The third kappa shape index (κ3) is 4.12. The van der Waals surface area contributed by atoms with Gasteiger partial charge in [-0.25, -0.2) is 0 Å². The molecule has 0 heterocycles. The Bertz CT molecular complexity index is 811. The molecule has 0 spiro atoms. The molecule has 0 aromatic heterocycles. The molecule has 3 saturated carbocycles. The van der Waals surface area contributed by atoms with Crippen LogP contribution in [0.3, 0.4) is 0 Å². The highest BCUT2D eigenvalue weighted by Gasteiger charge is 2.59. The van der Waals surface area contributed by atoms with E-state index in [1.54, 1.807) is 5.57 Å². The van der Waals surface area contributed by atoms with E-state index in [4.69, 9.17) is 0 Å². The summed E-state index contributed by atoms with van der Waals surface area (Å²) in [6.45, 7) is 13.4. The number of hydrogen-bond donors (Lipinski definition) is 2. The SMILES string of the molecule is CC[C@]1(O)CC[C@@]2(C)C(=CC[C@H]3[C@@H]4CC[C@H]([C@H](C)CC[C@@H](O)C(C)(C)C#N)[C@@]4(C)CC[C@@H]32)C1. The smallest absolute Gasteiger partial charge is 0.0776 e. The van der Waals surface area contributed by atoms with Crippen LogP contribution in [0.1, 0.15) is 112 Å². The summed E-state index contributed by atoms with van der Waals surface area (Å²) >= 11 is 0. The van der Waals surface area contributed by atoms with Crippen LogP contribution in [0.5, 0.6) is 0 Å². The van der Waals surface area contributed by atoms with Crippen LogP contribution in [-0.2, 0) is 0 Å². The van der Waals surface area contributed by atoms with Crippen LogP contribution in [-0.4, -0.2) is 21.9 Å². The van der Waals surface area contributed by atoms with Crippen LogP contribution in [0.15, 0.2) is 11.6 Å². The van der Waals surface area contributed by atoms with E-state index in [0.717, 1.165) is 62.2 Å². The topological polar surface area (TPSA) is 64.2 Å². The summed E-state index contributed by atoms with van der Waals surface area (Å²) in [6, 6.07) is 2.28. The van der Waals surface area contributed by atoms with Crippen molar-refractivity contribution >= 4 is 0 Å². The van der Waals surface area contributed by atoms with Crippen molar-refractivity contribution in [1.82, 2.24) is 0 Å². The molecule has 4 rings (SSSR count). The molecule has 3 heteroatoms. The first-order valence-electron chi connectivity index (χ1n) is 13.9. The maximum absolute atomic E-state index is 11.0. The molecule has 186 valence electrons. The Morgan fingerprint density at radius 3 is 2.52 bits per heavy atom. The van der Waals surface area contributed by atoms with Crippen LogP contribution < -0.4 is 0 Å². The molecule has 4 aliphatic carbocycles. The van der Waals surface area contributed by atoms with Crippen molar-refractivity contribution in [1.29, 1.82) is 5.26 Å². The standard InChI is InChI=1S/C30H49NO2/c1-7-30(33)17-16-28(5)21(18-30)9-10-22-24-12-11-23(29(24,6)15-14-25(22)28)20(2)8-13-26(32)27(3,4)19-31/h9,20,22-26,32-33H,7-8,10-18H2,1-6H3/t20-,22+,23-,24+,25+,26-,28+,29-,30+/m1/s1. The maximum atomic E-state index is 11.0. The monoisotopic (exact) mass is 455 g/mol. The molecule has 33 heavy (non-hydrogen) atoms. The van der Waals surface area contributed by atoms with Crippen LogP contribution in [0.25, 0.3) is 0 Å². The van der Waals surface area contributed by atoms with Crippen molar-refractivity contribution in [3.63, 3.8) is 0 Å². The molecule has 0 aliphatic heterocycles. The lowest BCUT2D eigenvalue weighted by atomic mass is 9.46. The fourth-order valence-corrected chi connectivity index (χ4v) is 9.05. The highest BCUT2D eigenvalue weighted by Crippen LogP contribution is 2.67. The molecule has 0 radical (unpaired) electrons. The van der Waals surface area contributed by atoms with Gasteiger partial charge in [0.15, 0.2) is 0 Å². The quantitative estimate of drug-likeness (QED) is 0.422. The van der Waals surface area contributed by atoms with Gasteiger partial charge in [0.05, 0.1) is 23.2 Å². The third-order valence-corrected chi connectivity index (χ3v) is 11.7. The fraction of sp³-hybridized carbons (Fsp3) is 0.900. The van der Waals surface area contributed by atoms with E-state index in [0.29, 0.717) is 16.7 Å². The highest BCUT2D eigenvalue weighted by atomic mass is 16.3. The van der Waals surface area contributed by atoms with E-state index >= 15 is 0 Å². The van der Waals surface area contributed by atoms with Crippen molar-refractivity contribution in [3.05, 3.63) is 11.6 Å². The molecule has 0 bridgehead atoms. The van der Waals surface area contributed by atoms with E-state index in [1.807, 2.05) is 13.8 Å². The predicted octanol–water partition coefficient (Wildman–Crippen LogP) is 7.03. The first-order valence-corrected chi connectivity index (χ1v) is 13.9. The number of aliphatic hydroxyl groups is 2. The number of hydrogen-bond acceptors (Lipinski definition) is 3. The second-order valence-corrected chi connectivity index (χ2v) is 13.6. The predicted molar refractivity (Wildman–Crippen MR) is 134 cm³/mol. The van der Waals surface area contributed by atoms with Gasteiger partial charge in [0.2, 0.25) is 0 Å². The Balaban J connectivity index is 1.47. The Labute approximate surface area is 203 Å². The minimum atomic E-state index is -0.661. The number of aliphatic hydroxyl groups excluding tert-OH is 1. The minimum absolute atomic E-state index is 0.294. The lowest BCUT2D eigenvalue weighted by Gasteiger charge is -2.59. The molecule has 3 nitrogen and oxygen atoms in total. The van der Waals surface area contributed by atoms with Crippen molar-refractivity contribution < 1.29 is 10.2 Å². The van der Waals surface area contributed by atoms with Crippen LogP contribution in [0, 0.1) is 57.2 Å². The Kier molecular flexibility index (Phi) is 6.63. The Morgan fingerprint density at radius 1 is 1.12 bits per heavy atom. The molecule has 0 aromatic rings. The zero-order valence-electron chi connectivity index (χ0n) is 22.2. The molecular weight excluding hydrogens is 406 g/mol. The van der Waals surface area contributed by atoms with Crippen molar-refractivity contribution in [2.45, 2.75) is 124 Å². The number of nitrogens with zero attached hydrogens (tertiary/aromatic N) is 1. The van der Waals surface area contributed by atoms with Gasteiger partial charge in [-0.2, -0.15) is 5.26 Å². The van der Waals surface area contributed by atoms with Crippen LogP contribution >= 0.6 is 0 Å². The van der Waals surface area contributed by atoms with Gasteiger partial charge in [0.25, 0.3) is 0 Å². The van der Waals surface area contributed by atoms with Gasteiger partial charge in [-0.05, 0) is 125 Å². The molecular formula is C30H49NO2. The molecule has 0 saturated heterocycles. The number of allylic oxidation sites excluding steroid dienone is 1. The zero-order chi connectivity index (χ0) is 24.2. The van der Waals surface area contributed by atoms with Crippen molar-refractivity contribution in [2.24, 2.45) is 45.8 Å². The van der Waals surface area contributed by atoms with Gasteiger partial charge in [-0.1, -0.05) is 39.3 Å². The van der Waals surface area contributed by atoms with Gasteiger partial charge in [-0.15, -0.1) is 0 Å². The number of rotatable bonds is 6. The molecule has 0 unspecified atom stereocenters. The largest absolute Gasteiger partial charge is 0.391 e. The summed E-state index contributed by atoms with van der Waals surface area (Å²) in [5, 5.41) is 30.9. The number of nitriles is 1. The summed E-state index contributed by atoms with van der Waals surface area (Å²) in [5.41, 5.74) is 1.14. The second kappa shape index (κ2) is 8.67. The maximum Gasteiger partial charge on any atom is 0.0776 e. The Morgan fingerprint density at radius 2 is 1.85 bits per heavy atom. The average Bonchev–Trinajstić information content (AvgIpc) is 3.15. The summed E-state index contributed by atoms with van der Waals surface area (Å²) in [6.07, 6.45) is 14.2. The van der Waals surface area contributed by atoms with Gasteiger partial charge >= 0.3 is 0 Å². The van der Waals surface area contributed by atoms with Gasteiger partial charge in [0.1, 0.15) is 0 Å². The summed E-state index contributed by atoms with van der Waals surface area (Å²) in [5.74, 6) is 3.72. The van der Waals surface area contributed by atoms with Gasteiger partial charge in [0, 0.05) is 0 Å². The Hall–Kier alpha value is -0.850. The van der Waals surface area contributed by atoms with Crippen LogP contribution in [0.4, 0.5) is 0 Å². The fourth-order valence-electron chi connectivity index (χ4n) is 9.05. The molecule has 2 N–H and O–H groups in total. The van der Waals surface area contributed by atoms with E-state index < -0.39 is 17.1 Å². The molecule has 0 amide bonds. The minimum Gasteiger partial charge on any atom is -0.391 e. The lowest BCUT2D eigenvalue weighted by molar-refractivity contribution is -0.0759. The summed E-state index contributed by atoms with van der Waals surface area (Å²) in [4.78, 5) is 0. The second-order valence-electron chi connectivity index (χ2n) is 13.6. The molecule has 3 fully saturated rings. The van der Waals surface area contributed by atoms with Crippen molar-refractivity contribution in [2.75, 3.05) is 0 Å². The molecule has 0 aromatic carbocycles. The third-order valence-electron chi connectivity index (χ3n) is 11.7. The average molecular weight is 456 g/mol. The normalized spacial score (nSPS) is 44.6. The molecule has 4 aliphatic rings. The first kappa shape index (κ1) is 25.2. The van der Waals surface area contributed by atoms with E-state index in [2.05, 4.69) is 39.8 Å². The summed E-state index contributed by atoms with van der Waals surface area (Å²) in [7, 11) is 0. The van der Waals surface area contributed by atoms with Gasteiger partial charge in [-0.3, -0.25) is 0 Å². The van der Waals surface area contributed by atoms with E-state index in [9.17, 15) is 15.5 Å². The van der Waals surface area contributed by atoms with E-state index in [-0.39, 0.29) is 0 Å². The highest BCUT2D eigenvalue weighted by molar-refractivity contribution is 5.27. The van der Waals surface area contributed by atoms with Crippen molar-refractivity contribution in [3.8, 4) is 6.07 Å². The first-order chi connectivity index (χ1) is 15.4.